The van der Waals surface area contributed by atoms with Crippen molar-refractivity contribution in [3.8, 4) is 11.3 Å². The van der Waals surface area contributed by atoms with Crippen LogP contribution in [-0.4, -0.2) is 77.8 Å². The molecule has 0 radical (unpaired) electrons. The molecule has 0 unspecified atom stereocenters. The maximum absolute atomic E-state index is 12.8. The average Bonchev–Trinajstić information content (AvgIpc) is 3.60. The van der Waals surface area contributed by atoms with Gasteiger partial charge in [0, 0.05) is 51.9 Å². The summed E-state index contributed by atoms with van der Waals surface area (Å²) in [6.45, 7) is 4.19. The molecule has 1 fully saturated rings. The lowest BCUT2D eigenvalue weighted by atomic mass is 9.83. The summed E-state index contributed by atoms with van der Waals surface area (Å²) in [6, 6.07) is 3.77. The van der Waals surface area contributed by atoms with Gasteiger partial charge in [0.2, 0.25) is 5.91 Å². The molecule has 2 aliphatic rings. The zero-order valence-electron chi connectivity index (χ0n) is 20.1. The lowest BCUT2D eigenvalue weighted by Crippen LogP contribution is -2.59. The topological polar surface area (TPSA) is 114 Å². The highest BCUT2D eigenvalue weighted by molar-refractivity contribution is 7.12. The summed E-state index contributed by atoms with van der Waals surface area (Å²) in [5.74, 6) is -1.70. The number of rotatable bonds is 2. The molecule has 2 amide bonds. The van der Waals surface area contributed by atoms with Gasteiger partial charge in [-0.2, -0.15) is 18.3 Å². The number of hydrogen-bond acceptors (Lipinski definition) is 6. The van der Waals surface area contributed by atoms with Crippen LogP contribution in [0.25, 0.3) is 11.3 Å². The first-order valence-electron chi connectivity index (χ1n) is 11.4. The highest BCUT2D eigenvalue weighted by Gasteiger charge is 2.49. The van der Waals surface area contributed by atoms with Gasteiger partial charge in [-0.1, -0.05) is 6.07 Å². The summed E-state index contributed by atoms with van der Waals surface area (Å²) in [5, 5.41) is 13.3. The molecule has 0 bridgehead atoms. The summed E-state index contributed by atoms with van der Waals surface area (Å²) < 4.78 is 35.7. The minimum atomic E-state index is -5.08. The van der Waals surface area contributed by atoms with Crippen LogP contribution in [0.15, 0.2) is 36.1 Å². The standard InChI is InChI=1S/C21H24N6O2S.C2HF3O2/c1-15(28)27-10-9-26-17(16-12-23-24(2)14-16)13-22-20(26)21(27)5-7-25(8-6-21)19(29)18-4-3-11-30-18;3-2(4,5)1(6)7/h3-4,11-14H,5-10H2,1-2H3;(H,6,7). The first kappa shape index (κ1) is 26.4. The van der Waals surface area contributed by atoms with Crippen molar-refractivity contribution >= 4 is 29.1 Å². The Balaban J connectivity index is 0.000000405. The van der Waals surface area contributed by atoms with Gasteiger partial charge in [-0.15, -0.1) is 11.3 Å². The molecular weight excluding hydrogens is 513 g/mol. The zero-order chi connectivity index (χ0) is 27.0. The number of imidazole rings is 1. The molecule has 0 saturated carbocycles. The number of alkyl halides is 3. The number of likely N-dealkylation sites (tertiary alicyclic amines) is 1. The fourth-order valence-corrected chi connectivity index (χ4v) is 5.57. The number of carboxylic acid groups (broad SMARTS) is 1. The average molecular weight is 539 g/mol. The fraction of sp³-hybridized carbons (Fsp3) is 0.435. The molecule has 5 rings (SSSR count). The number of halogens is 3. The van der Waals surface area contributed by atoms with E-state index in [0.29, 0.717) is 39.0 Å². The fourth-order valence-electron chi connectivity index (χ4n) is 4.88. The van der Waals surface area contributed by atoms with E-state index in [1.54, 1.807) is 11.6 Å². The molecule has 198 valence electrons. The van der Waals surface area contributed by atoms with Crippen molar-refractivity contribution in [3.63, 3.8) is 0 Å². The number of nitrogens with zero attached hydrogens (tertiary/aromatic N) is 6. The SMILES string of the molecule is CC(=O)N1CCn2c(-c3cnn(C)c3)cnc2C12CCN(C(=O)c1cccs1)CC2.O=C(O)C(F)(F)F. The van der Waals surface area contributed by atoms with E-state index in [2.05, 4.69) is 9.67 Å². The Morgan fingerprint density at radius 2 is 1.78 bits per heavy atom. The van der Waals surface area contributed by atoms with Crippen molar-refractivity contribution in [2.75, 3.05) is 19.6 Å². The predicted octanol–water partition coefficient (Wildman–Crippen LogP) is 2.97. The second-order valence-corrected chi connectivity index (χ2v) is 9.74. The molecule has 1 saturated heterocycles. The molecule has 3 aromatic heterocycles. The third kappa shape index (κ3) is 5.10. The lowest BCUT2D eigenvalue weighted by Gasteiger charge is -2.50. The number of piperidine rings is 1. The van der Waals surface area contributed by atoms with Crippen molar-refractivity contribution in [1.82, 2.24) is 29.1 Å². The number of aryl methyl sites for hydroxylation is 1. The molecule has 37 heavy (non-hydrogen) atoms. The van der Waals surface area contributed by atoms with E-state index in [1.807, 2.05) is 53.0 Å². The van der Waals surface area contributed by atoms with Gasteiger partial charge in [-0.3, -0.25) is 14.3 Å². The minimum Gasteiger partial charge on any atom is -0.475 e. The smallest absolute Gasteiger partial charge is 0.475 e. The van der Waals surface area contributed by atoms with Crippen LogP contribution in [0.1, 0.15) is 35.3 Å². The molecule has 1 N–H and O–H groups in total. The van der Waals surface area contributed by atoms with Gasteiger partial charge >= 0.3 is 12.1 Å². The maximum Gasteiger partial charge on any atom is 0.490 e. The number of thiophene rings is 1. The van der Waals surface area contributed by atoms with Crippen molar-refractivity contribution in [3.05, 3.63) is 46.8 Å². The normalized spacial score (nSPS) is 16.7. The van der Waals surface area contributed by atoms with Gasteiger partial charge < -0.3 is 19.5 Å². The third-order valence-corrected chi connectivity index (χ3v) is 7.43. The van der Waals surface area contributed by atoms with Crippen molar-refractivity contribution in [2.24, 2.45) is 7.05 Å². The van der Waals surface area contributed by atoms with E-state index in [1.165, 1.54) is 11.3 Å². The number of aliphatic carboxylic acids is 1. The number of carbonyl (C=O) groups excluding carboxylic acids is 2. The molecule has 0 aliphatic carbocycles. The highest BCUT2D eigenvalue weighted by Crippen LogP contribution is 2.42. The van der Waals surface area contributed by atoms with Gasteiger partial charge in [0.15, 0.2) is 0 Å². The quantitative estimate of drug-likeness (QED) is 0.537. The molecule has 0 aromatic carbocycles. The number of hydrogen-bond donors (Lipinski definition) is 1. The lowest BCUT2D eigenvalue weighted by molar-refractivity contribution is -0.192. The number of fused-ring (bicyclic) bond motifs is 2. The van der Waals surface area contributed by atoms with Crippen LogP contribution >= 0.6 is 11.3 Å². The highest BCUT2D eigenvalue weighted by atomic mass is 32.1. The van der Waals surface area contributed by atoms with Crippen molar-refractivity contribution < 1.29 is 32.7 Å². The molecule has 2 aliphatic heterocycles. The van der Waals surface area contributed by atoms with Crippen LogP contribution < -0.4 is 0 Å². The van der Waals surface area contributed by atoms with Crippen LogP contribution in [0.2, 0.25) is 0 Å². The van der Waals surface area contributed by atoms with Crippen molar-refractivity contribution in [2.45, 2.75) is 38.0 Å². The second-order valence-electron chi connectivity index (χ2n) is 8.80. The Labute approximate surface area is 213 Å². The van der Waals surface area contributed by atoms with Gasteiger partial charge in [0.25, 0.3) is 5.91 Å². The second kappa shape index (κ2) is 10.00. The summed E-state index contributed by atoms with van der Waals surface area (Å²) in [5.41, 5.74) is 1.57. The van der Waals surface area contributed by atoms with Gasteiger partial charge in [0.1, 0.15) is 11.4 Å². The molecule has 5 heterocycles. The summed E-state index contributed by atoms with van der Waals surface area (Å²) in [4.78, 5) is 43.7. The zero-order valence-corrected chi connectivity index (χ0v) is 20.9. The van der Waals surface area contributed by atoms with Crippen LogP contribution in [-0.2, 0) is 28.7 Å². The first-order chi connectivity index (χ1) is 17.4. The molecule has 1 spiro atoms. The number of carboxylic acids is 1. The number of aromatic nitrogens is 4. The maximum atomic E-state index is 12.8. The summed E-state index contributed by atoms with van der Waals surface area (Å²) in [7, 11) is 1.90. The summed E-state index contributed by atoms with van der Waals surface area (Å²) >= 11 is 1.47. The Kier molecular flexibility index (Phi) is 7.13. The van der Waals surface area contributed by atoms with E-state index in [9.17, 15) is 22.8 Å². The van der Waals surface area contributed by atoms with Crippen LogP contribution in [0.5, 0.6) is 0 Å². The Bertz CT molecular complexity index is 1290. The Morgan fingerprint density at radius 3 is 2.30 bits per heavy atom. The van der Waals surface area contributed by atoms with E-state index in [0.717, 1.165) is 22.0 Å². The Morgan fingerprint density at radius 1 is 1.11 bits per heavy atom. The number of amides is 2. The van der Waals surface area contributed by atoms with Crippen LogP contribution in [0.3, 0.4) is 0 Å². The Hall–Kier alpha value is -3.68. The minimum absolute atomic E-state index is 0.0604. The van der Waals surface area contributed by atoms with E-state index >= 15 is 0 Å². The van der Waals surface area contributed by atoms with Gasteiger partial charge in [0.05, 0.1) is 23.0 Å². The van der Waals surface area contributed by atoms with Crippen LogP contribution in [0, 0.1) is 0 Å². The molecule has 14 heteroatoms. The molecule has 0 atom stereocenters. The monoisotopic (exact) mass is 538 g/mol. The van der Waals surface area contributed by atoms with Gasteiger partial charge in [-0.05, 0) is 24.3 Å². The number of carbonyl (C=O) groups is 3. The van der Waals surface area contributed by atoms with E-state index < -0.39 is 17.7 Å². The molecular formula is C23H25F3N6O4S. The molecule has 10 nitrogen and oxygen atoms in total. The van der Waals surface area contributed by atoms with E-state index in [4.69, 9.17) is 14.9 Å². The molecule has 3 aromatic rings. The van der Waals surface area contributed by atoms with Gasteiger partial charge in [-0.25, -0.2) is 9.78 Å². The summed E-state index contributed by atoms with van der Waals surface area (Å²) in [6.07, 6.45) is 2.01. The van der Waals surface area contributed by atoms with Crippen LogP contribution in [0.4, 0.5) is 13.2 Å². The predicted molar refractivity (Wildman–Crippen MR) is 127 cm³/mol. The third-order valence-electron chi connectivity index (χ3n) is 6.57. The van der Waals surface area contributed by atoms with E-state index in [-0.39, 0.29) is 11.8 Å². The largest absolute Gasteiger partial charge is 0.490 e. The van der Waals surface area contributed by atoms with Crippen molar-refractivity contribution in [1.29, 1.82) is 0 Å². The first-order valence-corrected chi connectivity index (χ1v) is 12.3.